The lowest BCUT2D eigenvalue weighted by Crippen LogP contribution is -2.10. The number of halogens is 3. The van der Waals surface area contributed by atoms with E-state index in [0.717, 1.165) is 6.07 Å². The molecule has 1 aromatic carbocycles. The first kappa shape index (κ1) is 15.4. The van der Waals surface area contributed by atoms with Gasteiger partial charge in [-0.25, -0.2) is 18.6 Å². The lowest BCUT2D eigenvalue weighted by molar-refractivity contribution is 0.0497. The molecular weight excluding hydrogens is 300 g/mol. The van der Waals surface area contributed by atoms with Crippen LogP contribution < -0.4 is 0 Å². The van der Waals surface area contributed by atoms with Crippen molar-refractivity contribution in [2.45, 2.75) is 13.3 Å². The molecule has 1 aromatic heterocycles. The van der Waals surface area contributed by atoms with Crippen LogP contribution in [0.15, 0.2) is 30.3 Å². The van der Waals surface area contributed by atoms with Crippen molar-refractivity contribution in [3.8, 4) is 11.3 Å². The quantitative estimate of drug-likeness (QED) is 0.792. The van der Waals surface area contributed by atoms with Gasteiger partial charge in [-0.2, -0.15) is 0 Å². The van der Waals surface area contributed by atoms with Crippen LogP contribution in [0.5, 0.6) is 0 Å². The first-order valence-electron chi connectivity index (χ1n) is 6.32. The van der Waals surface area contributed by atoms with Crippen molar-refractivity contribution in [3.63, 3.8) is 0 Å². The fourth-order valence-corrected chi connectivity index (χ4v) is 1.80. The second-order valence-corrected chi connectivity index (χ2v) is 4.73. The standard InChI is InChI=1S/C15H12ClF2NO2/c1-2-7-21-15(20)12-8-11(17)13(18)14(19-12)9-3-5-10(16)6-4-9/h3-6,8H,2,7H2,1H3. The van der Waals surface area contributed by atoms with Crippen molar-refractivity contribution in [2.75, 3.05) is 6.61 Å². The van der Waals surface area contributed by atoms with Crippen LogP contribution in [-0.2, 0) is 4.74 Å². The minimum atomic E-state index is -1.15. The lowest BCUT2D eigenvalue weighted by atomic mass is 10.1. The van der Waals surface area contributed by atoms with E-state index >= 15 is 0 Å². The Labute approximate surface area is 125 Å². The van der Waals surface area contributed by atoms with E-state index in [1.165, 1.54) is 24.3 Å². The number of hydrogen-bond acceptors (Lipinski definition) is 3. The third-order valence-corrected chi connectivity index (χ3v) is 2.93. The summed E-state index contributed by atoms with van der Waals surface area (Å²) >= 11 is 5.75. The number of ether oxygens (including phenoxy) is 1. The lowest BCUT2D eigenvalue weighted by Gasteiger charge is -2.07. The predicted molar refractivity (Wildman–Crippen MR) is 75.2 cm³/mol. The van der Waals surface area contributed by atoms with E-state index in [4.69, 9.17) is 16.3 Å². The fourth-order valence-electron chi connectivity index (χ4n) is 1.67. The molecule has 21 heavy (non-hydrogen) atoms. The van der Waals surface area contributed by atoms with Crippen LogP contribution in [-0.4, -0.2) is 17.6 Å². The predicted octanol–water partition coefficient (Wildman–Crippen LogP) is 4.25. The molecule has 0 atom stereocenters. The van der Waals surface area contributed by atoms with Gasteiger partial charge in [0, 0.05) is 16.7 Å². The zero-order valence-electron chi connectivity index (χ0n) is 11.2. The topological polar surface area (TPSA) is 39.2 Å². The van der Waals surface area contributed by atoms with Crippen LogP contribution in [0.1, 0.15) is 23.8 Å². The number of nitrogens with zero attached hydrogens (tertiary/aromatic N) is 1. The summed E-state index contributed by atoms with van der Waals surface area (Å²) in [5.74, 6) is -3.06. The summed E-state index contributed by atoms with van der Waals surface area (Å²) in [6, 6.07) is 6.77. The molecule has 0 aliphatic carbocycles. The second-order valence-electron chi connectivity index (χ2n) is 4.29. The molecule has 2 rings (SSSR count). The molecular formula is C15H12ClF2NO2. The monoisotopic (exact) mass is 311 g/mol. The molecule has 0 bridgehead atoms. The molecule has 0 spiro atoms. The number of pyridine rings is 1. The first-order valence-corrected chi connectivity index (χ1v) is 6.69. The van der Waals surface area contributed by atoms with Gasteiger partial charge in [-0.15, -0.1) is 0 Å². The summed E-state index contributed by atoms with van der Waals surface area (Å²) in [5.41, 5.74) is -0.205. The maximum atomic E-state index is 13.9. The van der Waals surface area contributed by atoms with Gasteiger partial charge < -0.3 is 4.74 Å². The third kappa shape index (κ3) is 3.55. The summed E-state index contributed by atoms with van der Waals surface area (Å²) in [4.78, 5) is 15.6. The zero-order chi connectivity index (χ0) is 15.4. The Morgan fingerprint density at radius 3 is 2.57 bits per heavy atom. The summed E-state index contributed by atoms with van der Waals surface area (Å²) in [7, 11) is 0. The van der Waals surface area contributed by atoms with Crippen molar-refractivity contribution in [1.29, 1.82) is 0 Å². The molecule has 2 aromatic rings. The SMILES string of the molecule is CCCOC(=O)c1cc(F)c(F)c(-c2ccc(Cl)cc2)n1. The van der Waals surface area contributed by atoms with E-state index in [0.29, 0.717) is 17.0 Å². The molecule has 0 aliphatic rings. The Hall–Kier alpha value is -2.01. The Morgan fingerprint density at radius 1 is 1.29 bits per heavy atom. The van der Waals surface area contributed by atoms with Gasteiger partial charge in [0.05, 0.1) is 6.61 Å². The third-order valence-electron chi connectivity index (χ3n) is 2.68. The van der Waals surface area contributed by atoms with Crippen molar-refractivity contribution in [3.05, 3.63) is 52.7 Å². The van der Waals surface area contributed by atoms with Gasteiger partial charge >= 0.3 is 5.97 Å². The zero-order valence-corrected chi connectivity index (χ0v) is 12.0. The smallest absolute Gasteiger partial charge is 0.357 e. The van der Waals surface area contributed by atoms with E-state index < -0.39 is 17.6 Å². The van der Waals surface area contributed by atoms with E-state index in [2.05, 4.69) is 4.98 Å². The highest BCUT2D eigenvalue weighted by Crippen LogP contribution is 2.25. The van der Waals surface area contributed by atoms with Crippen LogP contribution in [0.4, 0.5) is 8.78 Å². The van der Waals surface area contributed by atoms with Gasteiger partial charge in [0.25, 0.3) is 0 Å². The van der Waals surface area contributed by atoms with Crippen molar-refractivity contribution in [1.82, 2.24) is 4.98 Å². The average molecular weight is 312 g/mol. The largest absolute Gasteiger partial charge is 0.461 e. The van der Waals surface area contributed by atoms with E-state index in [1.54, 1.807) is 0 Å². The normalized spacial score (nSPS) is 10.5. The number of carbonyl (C=O) groups excluding carboxylic acids is 1. The molecule has 3 nitrogen and oxygen atoms in total. The van der Waals surface area contributed by atoms with Gasteiger partial charge in [-0.1, -0.05) is 30.7 Å². The molecule has 0 aliphatic heterocycles. The van der Waals surface area contributed by atoms with E-state index in [-0.39, 0.29) is 18.0 Å². The van der Waals surface area contributed by atoms with Crippen LogP contribution in [0.2, 0.25) is 5.02 Å². The molecule has 0 saturated heterocycles. The van der Waals surface area contributed by atoms with Crippen LogP contribution in [0, 0.1) is 11.6 Å². The highest BCUT2D eigenvalue weighted by atomic mass is 35.5. The van der Waals surface area contributed by atoms with Gasteiger partial charge in [0.15, 0.2) is 17.3 Å². The molecule has 0 N–H and O–H groups in total. The highest BCUT2D eigenvalue weighted by Gasteiger charge is 2.18. The molecule has 6 heteroatoms. The van der Waals surface area contributed by atoms with Crippen LogP contribution in [0.3, 0.4) is 0 Å². The number of aromatic nitrogens is 1. The molecule has 0 radical (unpaired) electrons. The number of rotatable bonds is 4. The maximum Gasteiger partial charge on any atom is 0.357 e. The Balaban J connectivity index is 2.43. The number of hydrogen-bond donors (Lipinski definition) is 0. The molecule has 0 fully saturated rings. The number of carbonyl (C=O) groups is 1. The minimum Gasteiger partial charge on any atom is -0.461 e. The van der Waals surface area contributed by atoms with Crippen molar-refractivity contribution < 1.29 is 18.3 Å². The molecule has 110 valence electrons. The van der Waals surface area contributed by atoms with Gasteiger partial charge in [0.2, 0.25) is 0 Å². The van der Waals surface area contributed by atoms with Gasteiger partial charge in [-0.05, 0) is 18.6 Å². The second kappa shape index (κ2) is 6.63. The highest BCUT2D eigenvalue weighted by molar-refractivity contribution is 6.30. The average Bonchev–Trinajstić information content (AvgIpc) is 2.48. The van der Waals surface area contributed by atoms with Crippen molar-refractivity contribution >= 4 is 17.6 Å². The Morgan fingerprint density at radius 2 is 1.95 bits per heavy atom. The first-order chi connectivity index (χ1) is 10.0. The van der Waals surface area contributed by atoms with Gasteiger partial charge in [0.1, 0.15) is 5.69 Å². The number of benzene rings is 1. The summed E-state index contributed by atoms with van der Waals surface area (Å²) in [6.45, 7) is 2.01. The Bertz CT molecular complexity index is 659. The molecule has 0 amide bonds. The fraction of sp³-hybridized carbons (Fsp3) is 0.200. The van der Waals surface area contributed by atoms with E-state index in [9.17, 15) is 13.6 Å². The van der Waals surface area contributed by atoms with E-state index in [1.807, 2.05) is 6.92 Å². The van der Waals surface area contributed by atoms with Crippen molar-refractivity contribution in [2.24, 2.45) is 0 Å². The summed E-state index contributed by atoms with van der Waals surface area (Å²) in [6.07, 6.45) is 0.624. The van der Waals surface area contributed by atoms with Crippen LogP contribution >= 0.6 is 11.6 Å². The Kier molecular flexibility index (Phi) is 4.85. The molecule has 1 heterocycles. The number of esters is 1. The molecule has 0 unspecified atom stereocenters. The summed E-state index contributed by atoms with van der Waals surface area (Å²) < 4.78 is 32.4. The van der Waals surface area contributed by atoms with Crippen LogP contribution in [0.25, 0.3) is 11.3 Å². The molecule has 0 saturated carbocycles. The maximum absolute atomic E-state index is 13.9. The van der Waals surface area contributed by atoms with Gasteiger partial charge in [-0.3, -0.25) is 0 Å². The minimum absolute atomic E-state index is 0.190. The summed E-state index contributed by atoms with van der Waals surface area (Å²) in [5, 5.41) is 0.457.